The number of aromatic amines is 1. The number of para-hydroxylation sites is 1. The Morgan fingerprint density at radius 3 is 2.71 bits per heavy atom. The van der Waals surface area contributed by atoms with Gasteiger partial charge in [0.25, 0.3) is 0 Å². The molecule has 5 aromatic rings. The molecule has 1 N–H and O–H groups in total. The number of rotatable bonds is 4. The fourth-order valence-corrected chi connectivity index (χ4v) is 5.29. The summed E-state index contributed by atoms with van der Waals surface area (Å²) in [6.07, 6.45) is 5.65. The zero-order valence-electron chi connectivity index (χ0n) is 19.3. The molecular formula is C26H24ClN7O. The van der Waals surface area contributed by atoms with Gasteiger partial charge in [-0.15, -0.1) is 10.2 Å². The highest BCUT2D eigenvalue weighted by molar-refractivity contribution is 6.35. The first-order chi connectivity index (χ1) is 17.1. The van der Waals surface area contributed by atoms with E-state index in [0.29, 0.717) is 24.1 Å². The topological polar surface area (TPSA) is 84.8 Å². The van der Waals surface area contributed by atoms with E-state index in [1.165, 1.54) is 0 Å². The Morgan fingerprint density at radius 1 is 1.09 bits per heavy atom. The number of hydrogen-bond acceptors (Lipinski definition) is 6. The summed E-state index contributed by atoms with van der Waals surface area (Å²) < 4.78 is 7.93. The number of hydrogen-bond donors (Lipinski definition) is 1. The second-order valence-corrected chi connectivity index (χ2v) is 10.0. The van der Waals surface area contributed by atoms with Crippen molar-refractivity contribution in [3.8, 4) is 17.1 Å². The second kappa shape index (κ2) is 7.76. The normalized spacial score (nSPS) is 17.4. The average molecular weight is 486 g/mol. The molecule has 0 atom stereocenters. The zero-order valence-corrected chi connectivity index (χ0v) is 20.1. The number of nitrogens with one attached hydrogen (secondary N) is 1. The minimum absolute atomic E-state index is 0.0188. The Hall–Kier alpha value is -3.49. The highest BCUT2D eigenvalue weighted by Gasteiger charge is 2.44. The summed E-state index contributed by atoms with van der Waals surface area (Å²) >= 11 is 6.55. The summed E-state index contributed by atoms with van der Waals surface area (Å²) in [6, 6.07) is 12.4. The number of morpholine rings is 1. The first-order valence-electron chi connectivity index (χ1n) is 11.9. The van der Waals surface area contributed by atoms with Crippen molar-refractivity contribution in [3.05, 3.63) is 59.8 Å². The molecule has 1 saturated heterocycles. The van der Waals surface area contributed by atoms with Crippen molar-refractivity contribution in [2.24, 2.45) is 0 Å². The van der Waals surface area contributed by atoms with Gasteiger partial charge in [-0.25, -0.2) is 4.98 Å². The predicted octanol–water partition coefficient (Wildman–Crippen LogP) is 4.90. The lowest BCUT2D eigenvalue weighted by Gasteiger charge is -2.29. The Balaban J connectivity index is 1.58. The lowest BCUT2D eigenvalue weighted by Crippen LogP contribution is -2.36. The van der Waals surface area contributed by atoms with Crippen LogP contribution in [0.25, 0.3) is 39.0 Å². The van der Waals surface area contributed by atoms with E-state index in [9.17, 15) is 0 Å². The number of aromatic nitrogens is 6. The SMILES string of the molecule is CC1(c2nc3c(-c4nnc[nH]4)cc(N4CCOCC4)cc3n2-c2ccnc3c(Cl)cccc23)CC1. The number of benzene rings is 2. The first kappa shape index (κ1) is 20.8. The predicted molar refractivity (Wildman–Crippen MR) is 136 cm³/mol. The van der Waals surface area contributed by atoms with Crippen LogP contribution in [0.4, 0.5) is 5.69 Å². The fourth-order valence-electron chi connectivity index (χ4n) is 5.06. The number of H-pyrrole nitrogens is 1. The zero-order chi connectivity index (χ0) is 23.6. The number of ether oxygens (including phenoxy) is 1. The smallest absolute Gasteiger partial charge is 0.163 e. The van der Waals surface area contributed by atoms with Crippen molar-refractivity contribution in [1.29, 1.82) is 0 Å². The van der Waals surface area contributed by atoms with E-state index in [1.54, 1.807) is 6.33 Å². The van der Waals surface area contributed by atoms with Crippen molar-refractivity contribution in [2.75, 3.05) is 31.2 Å². The fraction of sp³-hybridized carbons (Fsp3) is 0.308. The number of halogens is 1. The number of fused-ring (bicyclic) bond motifs is 2. The van der Waals surface area contributed by atoms with E-state index in [2.05, 4.69) is 60.8 Å². The van der Waals surface area contributed by atoms with Crippen LogP contribution < -0.4 is 4.90 Å². The van der Waals surface area contributed by atoms with Gasteiger partial charge in [0, 0.05) is 41.3 Å². The molecule has 0 spiro atoms. The molecule has 8 nitrogen and oxygen atoms in total. The molecule has 7 rings (SSSR count). The largest absolute Gasteiger partial charge is 0.378 e. The van der Waals surface area contributed by atoms with Crippen LogP contribution in [0.3, 0.4) is 0 Å². The van der Waals surface area contributed by atoms with Gasteiger partial charge in [0.2, 0.25) is 0 Å². The molecule has 0 radical (unpaired) electrons. The van der Waals surface area contributed by atoms with Gasteiger partial charge in [0.05, 0.1) is 35.0 Å². The average Bonchev–Trinajstić information content (AvgIpc) is 3.27. The monoisotopic (exact) mass is 485 g/mol. The van der Waals surface area contributed by atoms with Crippen LogP contribution >= 0.6 is 11.6 Å². The summed E-state index contributed by atoms with van der Waals surface area (Å²) in [5.41, 5.74) is 5.86. The maximum atomic E-state index is 6.55. The molecule has 0 amide bonds. The molecule has 2 aliphatic rings. The van der Waals surface area contributed by atoms with Crippen LogP contribution in [0.1, 0.15) is 25.6 Å². The van der Waals surface area contributed by atoms with Crippen LogP contribution in [0.15, 0.2) is 48.9 Å². The van der Waals surface area contributed by atoms with Crippen molar-refractivity contribution < 1.29 is 4.74 Å². The molecule has 35 heavy (non-hydrogen) atoms. The number of imidazole rings is 1. The Morgan fingerprint density at radius 2 is 1.94 bits per heavy atom. The summed E-state index contributed by atoms with van der Waals surface area (Å²) in [5.74, 6) is 1.77. The van der Waals surface area contributed by atoms with Crippen molar-refractivity contribution >= 4 is 39.2 Å². The maximum Gasteiger partial charge on any atom is 0.163 e. The quantitative estimate of drug-likeness (QED) is 0.389. The van der Waals surface area contributed by atoms with Crippen LogP contribution in [-0.4, -0.2) is 56.0 Å². The Bertz CT molecular complexity index is 1570. The van der Waals surface area contributed by atoms with Gasteiger partial charge < -0.3 is 14.6 Å². The molecule has 2 fully saturated rings. The van der Waals surface area contributed by atoms with E-state index >= 15 is 0 Å². The summed E-state index contributed by atoms with van der Waals surface area (Å²) in [4.78, 5) is 15.4. The van der Waals surface area contributed by atoms with Gasteiger partial charge in [-0.2, -0.15) is 0 Å². The molecule has 0 bridgehead atoms. The Labute approximate surface area is 206 Å². The van der Waals surface area contributed by atoms with Crippen LogP contribution in [0, 0.1) is 0 Å². The van der Waals surface area contributed by atoms with E-state index in [-0.39, 0.29) is 5.41 Å². The molecule has 1 aliphatic carbocycles. The van der Waals surface area contributed by atoms with Gasteiger partial charge in [-0.3, -0.25) is 9.55 Å². The van der Waals surface area contributed by atoms with Crippen molar-refractivity contribution in [1.82, 2.24) is 29.7 Å². The highest BCUT2D eigenvalue weighted by Crippen LogP contribution is 2.50. The number of nitrogens with zero attached hydrogens (tertiary/aromatic N) is 6. The second-order valence-electron chi connectivity index (χ2n) is 9.60. The van der Waals surface area contributed by atoms with E-state index in [4.69, 9.17) is 21.3 Å². The molecule has 3 aromatic heterocycles. The standard InChI is InChI=1S/C26H24ClN7O/c1-26(6-7-26)25-31-23-18(24-29-15-30-32-24)13-16(33-9-11-35-12-10-33)14-21(23)34(25)20-5-8-28-22-17(20)3-2-4-19(22)27/h2-5,8,13-15H,6-7,9-12H2,1H3,(H,29,30,32). The van der Waals surface area contributed by atoms with Gasteiger partial charge in [0.15, 0.2) is 5.82 Å². The highest BCUT2D eigenvalue weighted by atomic mass is 35.5. The lowest BCUT2D eigenvalue weighted by atomic mass is 10.1. The van der Waals surface area contributed by atoms with Crippen LogP contribution in [0.5, 0.6) is 0 Å². The van der Waals surface area contributed by atoms with Crippen molar-refractivity contribution in [2.45, 2.75) is 25.2 Å². The number of anilines is 1. The third kappa shape index (κ3) is 3.31. The molecule has 176 valence electrons. The third-order valence-corrected chi connectivity index (χ3v) is 7.58. The molecule has 0 unspecified atom stereocenters. The molecule has 1 saturated carbocycles. The third-order valence-electron chi connectivity index (χ3n) is 7.27. The number of pyridine rings is 1. The summed E-state index contributed by atoms with van der Waals surface area (Å²) in [5, 5.41) is 10.0. The van der Waals surface area contributed by atoms with E-state index < -0.39 is 0 Å². The molecule has 9 heteroatoms. The van der Waals surface area contributed by atoms with Crippen molar-refractivity contribution in [3.63, 3.8) is 0 Å². The van der Waals surface area contributed by atoms with Gasteiger partial charge >= 0.3 is 0 Å². The summed E-state index contributed by atoms with van der Waals surface area (Å²) in [6.45, 7) is 5.40. The van der Waals surface area contributed by atoms with Gasteiger partial charge in [-0.1, -0.05) is 30.7 Å². The molecule has 2 aromatic carbocycles. The lowest BCUT2D eigenvalue weighted by molar-refractivity contribution is 0.122. The van der Waals surface area contributed by atoms with Crippen LogP contribution in [0.2, 0.25) is 5.02 Å². The maximum absolute atomic E-state index is 6.55. The van der Waals surface area contributed by atoms with Crippen LogP contribution in [-0.2, 0) is 10.2 Å². The summed E-state index contributed by atoms with van der Waals surface area (Å²) in [7, 11) is 0. The van der Waals surface area contributed by atoms with E-state index in [1.807, 2.05) is 18.3 Å². The first-order valence-corrected chi connectivity index (χ1v) is 12.3. The molecular weight excluding hydrogens is 462 g/mol. The minimum atomic E-state index is 0.0188. The minimum Gasteiger partial charge on any atom is -0.378 e. The van der Waals surface area contributed by atoms with E-state index in [0.717, 1.165) is 70.6 Å². The molecule has 4 heterocycles. The van der Waals surface area contributed by atoms with Gasteiger partial charge in [0.1, 0.15) is 17.7 Å². The molecule has 1 aliphatic heterocycles. The van der Waals surface area contributed by atoms with Gasteiger partial charge in [-0.05, 0) is 37.1 Å². The Kier molecular flexibility index (Phi) is 4.62.